The molecule has 190 valence electrons. The fourth-order valence-electron chi connectivity index (χ4n) is 4.50. The van der Waals surface area contributed by atoms with Crippen molar-refractivity contribution in [1.82, 2.24) is 13.9 Å². The average molecular weight is 524 g/mol. The van der Waals surface area contributed by atoms with Crippen molar-refractivity contribution in [2.45, 2.75) is 48.4 Å². The van der Waals surface area contributed by atoms with E-state index in [0.29, 0.717) is 32.5 Å². The van der Waals surface area contributed by atoms with E-state index in [9.17, 15) is 26.0 Å². The number of sulfonamides is 2. The second kappa shape index (κ2) is 10.7. The van der Waals surface area contributed by atoms with Gasteiger partial charge in [0, 0.05) is 32.7 Å². The average Bonchev–Trinajstić information content (AvgIpc) is 2.88. The van der Waals surface area contributed by atoms with Crippen LogP contribution < -0.4 is 5.32 Å². The van der Waals surface area contributed by atoms with Crippen LogP contribution in [0, 0.1) is 11.7 Å². The Bertz CT molecular complexity index is 1240. The second-order valence-electron chi connectivity index (χ2n) is 8.98. The number of rotatable bonds is 7. The van der Waals surface area contributed by atoms with Gasteiger partial charge >= 0.3 is 0 Å². The maximum absolute atomic E-state index is 13.2. The number of amides is 1. The van der Waals surface area contributed by atoms with E-state index >= 15 is 0 Å². The number of carbonyl (C=O) groups is 1. The van der Waals surface area contributed by atoms with Crippen molar-refractivity contribution in [3.05, 3.63) is 59.9 Å². The van der Waals surface area contributed by atoms with Gasteiger partial charge in [0.05, 0.1) is 15.7 Å². The van der Waals surface area contributed by atoms with Crippen LogP contribution in [-0.2, 0) is 31.4 Å². The van der Waals surface area contributed by atoms with E-state index in [1.807, 2.05) is 0 Å². The fraction of sp³-hybridized carbons (Fsp3) is 0.458. The van der Waals surface area contributed by atoms with Crippen LogP contribution >= 0.6 is 0 Å². The van der Waals surface area contributed by atoms with Gasteiger partial charge in [-0.15, -0.1) is 0 Å². The Morgan fingerprint density at radius 1 is 0.800 bits per heavy atom. The molecule has 1 atom stereocenters. The summed E-state index contributed by atoms with van der Waals surface area (Å²) in [6.45, 7) is 1.64. The predicted octanol–water partition coefficient (Wildman–Crippen LogP) is 2.72. The number of piperidine rings is 2. The van der Waals surface area contributed by atoms with Crippen LogP contribution in [0.4, 0.5) is 4.39 Å². The number of hydrogen-bond acceptors (Lipinski definition) is 5. The van der Waals surface area contributed by atoms with E-state index in [2.05, 4.69) is 5.32 Å². The topological polar surface area (TPSA) is 104 Å². The van der Waals surface area contributed by atoms with Gasteiger partial charge in [-0.1, -0.05) is 18.6 Å². The van der Waals surface area contributed by atoms with Crippen molar-refractivity contribution in [3.8, 4) is 0 Å². The minimum atomic E-state index is -3.81. The monoisotopic (exact) mass is 523 g/mol. The lowest BCUT2D eigenvalue weighted by Crippen LogP contribution is -2.45. The van der Waals surface area contributed by atoms with Gasteiger partial charge < -0.3 is 5.32 Å². The summed E-state index contributed by atoms with van der Waals surface area (Å²) in [5, 5.41) is 2.84. The lowest BCUT2D eigenvalue weighted by atomic mass is 9.99. The lowest BCUT2D eigenvalue weighted by Gasteiger charge is -2.31. The normalized spacial score (nSPS) is 20.4. The number of hydrogen-bond donors (Lipinski definition) is 1. The van der Waals surface area contributed by atoms with E-state index in [-0.39, 0.29) is 28.8 Å². The van der Waals surface area contributed by atoms with Crippen LogP contribution in [0.2, 0.25) is 0 Å². The van der Waals surface area contributed by atoms with E-state index < -0.39 is 31.8 Å². The summed E-state index contributed by atoms with van der Waals surface area (Å²) in [5.41, 5.74) is 0.752. The third kappa shape index (κ3) is 5.91. The first-order chi connectivity index (χ1) is 16.7. The standard InChI is InChI=1S/C24H30FN3O5S2/c25-21-8-12-23(13-9-21)35(32,33)28-16-4-5-20(18-28)24(29)26-17-19-6-10-22(11-7-19)34(30,31)27-14-2-1-3-15-27/h6-13,20H,1-5,14-18H2,(H,26,29). The van der Waals surface area contributed by atoms with Crippen LogP contribution in [0.3, 0.4) is 0 Å². The van der Waals surface area contributed by atoms with Gasteiger partial charge in [0.1, 0.15) is 5.82 Å². The van der Waals surface area contributed by atoms with Crippen LogP contribution in [0.1, 0.15) is 37.7 Å². The maximum atomic E-state index is 13.2. The molecule has 0 aromatic heterocycles. The first kappa shape index (κ1) is 25.7. The Labute approximate surface area is 206 Å². The lowest BCUT2D eigenvalue weighted by molar-refractivity contribution is -0.126. The molecule has 0 saturated carbocycles. The van der Waals surface area contributed by atoms with E-state index in [4.69, 9.17) is 0 Å². The molecule has 0 bridgehead atoms. The van der Waals surface area contributed by atoms with Crippen molar-refractivity contribution in [2.75, 3.05) is 26.2 Å². The second-order valence-corrected chi connectivity index (χ2v) is 12.9. The van der Waals surface area contributed by atoms with Gasteiger partial charge in [-0.3, -0.25) is 4.79 Å². The summed E-state index contributed by atoms with van der Waals surface area (Å²) in [7, 11) is -7.32. The number of nitrogens with zero attached hydrogens (tertiary/aromatic N) is 2. The molecule has 8 nitrogen and oxygen atoms in total. The van der Waals surface area contributed by atoms with Gasteiger partial charge in [-0.2, -0.15) is 8.61 Å². The van der Waals surface area contributed by atoms with Crippen molar-refractivity contribution >= 4 is 26.0 Å². The van der Waals surface area contributed by atoms with Gasteiger partial charge in [0.2, 0.25) is 26.0 Å². The predicted molar refractivity (Wildman–Crippen MR) is 129 cm³/mol. The van der Waals surface area contributed by atoms with E-state index in [0.717, 1.165) is 37.0 Å². The van der Waals surface area contributed by atoms with Crippen LogP contribution in [0.15, 0.2) is 58.3 Å². The SMILES string of the molecule is O=C(NCc1ccc(S(=O)(=O)N2CCCCC2)cc1)C1CCCN(S(=O)(=O)c2ccc(F)cc2)C1. The Morgan fingerprint density at radius 3 is 1.97 bits per heavy atom. The highest BCUT2D eigenvalue weighted by atomic mass is 32.2. The Balaban J connectivity index is 1.34. The first-order valence-electron chi connectivity index (χ1n) is 11.8. The van der Waals surface area contributed by atoms with E-state index in [1.54, 1.807) is 24.3 Å². The third-order valence-electron chi connectivity index (χ3n) is 6.55. The highest BCUT2D eigenvalue weighted by Crippen LogP contribution is 2.25. The van der Waals surface area contributed by atoms with Gasteiger partial charge in [0.15, 0.2) is 0 Å². The summed E-state index contributed by atoms with van der Waals surface area (Å²) < 4.78 is 67.3. The number of halogens is 1. The molecule has 2 aliphatic heterocycles. The van der Waals surface area contributed by atoms with Crippen LogP contribution in [0.25, 0.3) is 0 Å². The van der Waals surface area contributed by atoms with E-state index in [1.165, 1.54) is 20.7 Å². The van der Waals surface area contributed by atoms with Crippen molar-refractivity contribution in [1.29, 1.82) is 0 Å². The zero-order valence-electron chi connectivity index (χ0n) is 19.4. The number of nitrogens with one attached hydrogen (secondary N) is 1. The molecule has 0 radical (unpaired) electrons. The molecular weight excluding hydrogens is 493 g/mol. The largest absolute Gasteiger partial charge is 0.352 e. The van der Waals surface area contributed by atoms with Gasteiger partial charge in [-0.05, 0) is 67.6 Å². The summed E-state index contributed by atoms with van der Waals surface area (Å²) in [4.78, 5) is 13.0. The molecule has 0 spiro atoms. The first-order valence-corrected chi connectivity index (χ1v) is 14.7. The molecule has 4 rings (SSSR count). The molecule has 2 fully saturated rings. The molecular formula is C24H30FN3O5S2. The molecule has 11 heteroatoms. The maximum Gasteiger partial charge on any atom is 0.243 e. The molecule has 1 amide bonds. The molecule has 1 N–H and O–H groups in total. The summed E-state index contributed by atoms with van der Waals surface area (Å²) in [5.74, 6) is -1.27. The van der Waals surface area contributed by atoms with Crippen molar-refractivity contribution in [2.24, 2.45) is 5.92 Å². The van der Waals surface area contributed by atoms with Gasteiger partial charge in [0.25, 0.3) is 0 Å². The Kier molecular flexibility index (Phi) is 7.89. The summed E-state index contributed by atoms with van der Waals surface area (Å²) in [6.07, 6.45) is 3.89. The zero-order chi connectivity index (χ0) is 25.1. The van der Waals surface area contributed by atoms with Crippen molar-refractivity contribution < 1.29 is 26.0 Å². The van der Waals surface area contributed by atoms with Gasteiger partial charge in [-0.25, -0.2) is 21.2 Å². The molecule has 35 heavy (non-hydrogen) atoms. The molecule has 2 heterocycles. The van der Waals surface area contributed by atoms with Crippen LogP contribution in [0.5, 0.6) is 0 Å². The molecule has 2 aromatic carbocycles. The van der Waals surface area contributed by atoms with Crippen molar-refractivity contribution in [3.63, 3.8) is 0 Å². The molecule has 2 saturated heterocycles. The number of benzene rings is 2. The fourth-order valence-corrected chi connectivity index (χ4v) is 7.54. The molecule has 0 aliphatic carbocycles. The minimum absolute atomic E-state index is 0.000413. The smallest absolute Gasteiger partial charge is 0.243 e. The highest BCUT2D eigenvalue weighted by Gasteiger charge is 2.33. The highest BCUT2D eigenvalue weighted by molar-refractivity contribution is 7.89. The Hall–Kier alpha value is -2.34. The summed E-state index contributed by atoms with van der Waals surface area (Å²) >= 11 is 0. The molecule has 2 aromatic rings. The number of carbonyl (C=O) groups excluding carboxylic acids is 1. The summed E-state index contributed by atoms with van der Waals surface area (Å²) in [6, 6.07) is 11.1. The van der Waals surface area contributed by atoms with Crippen LogP contribution in [-0.4, -0.2) is 57.5 Å². The third-order valence-corrected chi connectivity index (χ3v) is 10.3. The quantitative estimate of drug-likeness (QED) is 0.601. The minimum Gasteiger partial charge on any atom is -0.352 e. The Morgan fingerprint density at radius 2 is 1.34 bits per heavy atom. The molecule has 2 aliphatic rings. The zero-order valence-corrected chi connectivity index (χ0v) is 21.0. The molecule has 1 unspecified atom stereocenters.